The van der Waals surface area contributed by atoms with E-state index in [1.807, 2.05) is 56.3 Å². The quantitative estimate of drug-likeness (QED) is 0.532. The Morgan fingerprint density at radius 3 is 2.37 bits per heavy atom. The van der Waals surface area contributed by atoms with E-state index in [2.05, 4.69) is 28.9 Å². The van der Waals surface area contributed by atoms with Crippen LogP contribution >= 0.6 is 0 Å². The smallest absolute Gasteiger partial charge is 0.266 e. The van der Waals surface area contributed by atoms with Gasteiger partial charge in [-0.1, -0.05) is 36.4 Å². The highest BCUT2D eigenvalue weighted by molar-refractivity contribution is 6.09. The summed E-state index contributed by atoms with van der Waals surface area (Å²) in [5.41, 5.74) is 5.89. The molecule has 0 atom stereocenters. The van der Waals surface area contributed by atoms with Gasteiger partial charge in [0.2, 0.25) is 0 Å². The summed E-state index contributed by atoms with van der Waals surface area (Å²) in [6.45, 7) is 6.08. The Balaban J connectivity index is 1.96. The summed E-state index contributed by atoms with van der Waals surface area (Å²) >= 11 is 0. The summed E-state index contributed by atoms with van der Waals surface area (Å²) in [7, 11) is 0. The van der Waals surface area contributed by atoms with E-state index in [0.717, 1.165) is 28.2 Å². The number of hydrogen-bond donors (Lipinski definition) is 1. The van der Waals surface area contributed by atoms with Gasteiger partial charge in [-0.2, -0.15) is 5.26 Å². The predicted molar refractivity (Wildman–Crippen MR) is 109 cm³/mol. The van der Waals surface area contributed by atoms with E-state index in [9.17, 15) is 10.1 Å². The standard InChI is InChI=1S/C23H21N3O/c1-16-9-7-8-12-22(16)26-17(2)13-19(18(26)3)14-20(15-24)23(27)25-21-10-5-4-6-11-21/h4-14H,1-3H3,(H,25,27)/b20-14+. The van der Waals surface area contributed by atoms with Gasteiger partial charge >= 0.3 is 0 Å². The first-order valence-corrected chi connectivity index (χ1v) is 8.74. The zero-order valence-electron chi connectivity index (χ0n) is 15.7. The predicted octanol–water partition coefficient (Wildman–Crippen LogP) is 4.95. The highest BCUT2D eigenvalue weighted by Crippen LogP contribution is 2.25. The van der Waals surface area contributed by atoms with Gasteiger partial charge < -0.3 is 9.88 Å². The third-order valence-corrected chi connectivity index (χ3v) is 4.52. The van der Waals surface area contributed by atoms with E-state index in [0.29, 0.717) is 5.69 Å². The van der Waals surface area contributed by atoms with Crippen LogP contribution in [0.3, 0.4) is 0 Å². The minimum Gasteiger partial charge on any atom is -0.321 e. The highest BCUT2D eigenvalue weighted by atomic mass is 16.1. The van der Waals surface area contributed by atoms with E-state index < -0.39 is 5.91 Å². The van der Waals surface area contributed by atoms with Crippen molar-refractivity contribution in [2.45, 2.75) is 20.8 Å². The van der Waals surface area contributed by atoms with Gasteiger partial charge in [0.1, 0.15) is 11.6 Å². The lowest BCUT2D eigenvalue weighted by Gasteiger charge is -2.12. The number of hydrogen-bond acceptors (Lipinski definition) is 2. The lowest BCUT2D eigenvalue weighted by atomic mass is 10.1. The normalized spacial score (nSPS) is 11.1. The summed E-state index contributed by atoms with van der Waals surface area (Å²) < 4.78 is 2.14. The molecule has 0 saturated heterocycles. The number of carbonyl (C=O) groups is 1. The Labute approximate surface area is 159 Å². The van der Waals surface area contributed by atoms with Gasteiger partial charge in [-0.05, 0) is 62.2 Å². The Morgan fingerprint density at radius 1 is 1.04 bits per heavy atom. The minimum atomic E-state index is -0.413. The van der Waals surface area contributed by atoms with Gasteiger partial charge in [0.25, 0.3) is 5.91 Å². The van der Waals surface area contributed by atoms with Crippen molar-refractivity contribution in [1.29, 1.82) is 5.26 Å². The fraction of sp³-hybridized carbons (Fsp3) is 0.130. The van der Waals surface area contributed by atoms with Crippen LogP contribution in [0.5, 0.6) is 0 Å². The number of aryl methyl sites for hydroxylation is 2. The van der Waals surface area contributed by atoms with Gasteiger partial charge in [0, 0.05) is 22.8 Å². The van der Waals surface area contributed by atoms with Crippen LogP contribution in [0.15, 0.2) is 66.2 Å². The van der Waals surface area contributed by atoms with Crippen molar-refractivity contribution in [3.8, 4) is 11.8 Å². The molecule has 27 heavy (non-hydrogen) atoms. The van der Waals surface area contributed by atoms with Crippen LogP contribution in [0.25, 0.3) is 11.8 Å². The fourth-order valence-corrected chi connectivity index (χ4v) is 3.14. The molecule has 0 aliphatic heterocycles. The van der Waals surface area contributed by atoms with Crippen molar-refractivity contribution in [1.82, 2.24) is 4.57 Å². The number of benzene rings is 2. The Bertz CT molecular complexity index is 1050. The molecule has 1 amide bonds. The first-order chi connectivity index (χ1) is 13.0. The Hall–Kier alpha value is -3.58. The van der Waals surface area contributed by atoms with Gasteiger partial charge in [0.05, 0.1) is 0 Å². The molecule has 3 rings (SSSR count). The van der Waals surface area contributed by atoms with E-state index in [1.165, 1.54) is 0 Å². The molecule has 0 spiro atoms. The second-order valence-electron chi connectivity index (χ2n) is 6.44. The molecule has 0 radical (unpaired) electrons. The van der Waals surface area contributed by atoms with Crippen LogP contribution in [0, 0.1) is 32.1 Å². The number of anilines is 1. The second-order valence-corrected chi connectivity index (χ2v) is 6.44. The van der Waals surface area contributed by atoms with Crippen molar-refractivity contribution in [3.05, 3.63) is 88.8 Å². The van der Waals surface area contributed by atoms with Gasteiger partial charge in [-0.3, -0.25) is 4.79 Å². The maximum Gasteiger partial charge on any atom is 0.266 e. The third kappa shape index (κ3) is 3.83. The molecule has 2 aromatic carbocycles. The molecular weight excluding hydrogens is 334 g/mol. The van der Waals surface area contributed by atoms with Crippen molar-refractivity contribution >= 4 is 17.7 Å². The average molecular weight is 355 g/mol. The lowest BCUT2D eigenvalue weighted by molar-refractivity contribution is -0.112. The molecule has 0 unspecified atom stereocenters. The summed E-state index contributed by atoms with van der Waals surface area (Å²) in [5, 5.41) is 12.2. The first kappa shape index (κ1) is 18.2. The number of amides is 1. The Morgan fingerprint density at radius 2 is 1.70 bits per heavy atom. The molecule has 0 aliphatic rings. The van der Waals surface area contributed by atoms with Crippen LogP contribution in [0.2, 0.25) is 0 Å². The number of aromatic nitrogens is 1. The zero-order chi connectivity index (χ0) is 19.4. The van der Waals surface area contributed by atoms with Crippen LogP contribution in [0.1, 0.15) is 22.5 Å². The number of para-hydroxylation sites is 2. The van der Waals surface area contributed by atoms with Crippen molar-refractivity contribution < 1.29 is 4.79 Å². The monoisotopic (exact) mass is 355 g/mol. The van der Waals surface area contributed by atoms with E-state index in [4.69, 9.17) is 0 Å². The summed E-state index contributed by atoms with van der Waals surface area (Å²) in [6.07, 6.45) is 1.65. The van der Waals surface area contributed by atoms with E-state index >= 15 is 0 Å². The van der Waals surface area contributed by atoms with Crippen molar-refractivity contribution in [2.24, 2.45) is 0 Å². The summed E-state index contributed by atoms with van der Waals surface area (Å²) in [6, 6.07) is 21.3. The zero-order valence-corrected chi connectivity index (χ0v) is 15.7. The SMILES string of the molecule is Cc1ccccc1-n1c(C)cc(/C=C(\C#N)C(=O)Nc2ccccc2)c1C. The molecule has 134 valence electrons. The van der Waals surface area contributed by atoms with Crippen LogP contribution in [-0.4, -0.2) is 10.5 Å². The summed E-state index contributed by atoms with van der Waals surface area (Å²) in [4.78, 5) is 12.5. The van der Waals surface area contributed by atoms with Crippen molar-refractivity contribution in [2.75, 3.05) is 5.32 Å². The minimum absolute atomic E-state index is 0.0730. The number of nitriles is 1. The van der Waals surface area contributed by atoms with Gasteiger partial charge in [-0.25, -0.2) is 0 Å². The van der Waals surface area contributed by atoms with E-state index in [1.54, 1.807) is 18.2 Å². The molecule has 1 heterocycles. The second kappa shape index (κ2) is 7.76. The highest BCUT2D eigenvalue weighted by Gasteiger charge is 2.14. The average Bonchev–Trinajstić information content (AvgIpc) is 2.94. The molecule has 0 aliphatic carbocycles. The van der Waals surface area contributed by atoms with Crippen LogP contribution < -0.4 is 5.32 Å². The number of nitrogens with zero attached hydrogens (tertiary/aromatic N) is 2. The number of carbonyl (C=O) groups excluding carboxylic acids is 1. The number of nitrogens with one attached hydrogen (secondary N) is 1. The molecule has 0 fully saturated rings. The van der Waals surface area contributed by atoms with Gasteiger partial charge in [-0.15, -0.1) is 0 Å². The molecule has 4 nitrogen and oxygen atoms in total. The Kier molecular flexibility index (Phi) is 5.23. The van der Waals surface area contributed by atoms with E-state index in [-0.39, 0.29) is 5.57 Å². The third-order valence-electron chi connectivity index (χ3n) is 4.52. The topological polar surface area (TPSA) is 57.8 Å². The first-order valence-electron chi connectivity index (χ1n) is 8.74. The summed E-state index contributed by atoms with van der Waals surface area (Å²) in [5.74, 6) is -0.413. The lowest BCUT2D eigenvalue weighted by Crippen LogP contribution is -2.13. The molecule has 0 bridgehead atoms. The van der Waals surface area contributed by atoms with Crippen LogP contribution in [-0.2, 0) is 4.79 Å². The maximum atomic E-state index is 12.5. The molecule has 1 N–H and O–H groups in total. The number of rotatable bonds is 4. The van der Waals surface area contributed by atoms with Crippen LogP contribution in [0.4, 0.5) is 5.69 Å². The molecule has 1 aromatic heterocycles. The maximum absolute atomic E-state index is 12.5. The fourth-order valence-electron chi connectivity index (χ4n) is 3.14. The molecule has 4 heteroatoms. The molecule has 3 aromatic rings. The molecule has 0 saturated carbocycles. The van der Waals surface area contributed by atoms with Gasteiger partial charge in [0.15, 0.2) is 0 Å². The largest absolute Gasteiger partial charge is 0.321 e. The van der Waals surface area contributed by atoms with Crippen molar-refractivity contribution in [3.63, 3.8) is 0 Å². The molecular formula is C23H21N3O.